The van der Waals surface area contributed by atoms with Gasteiger partial charge in [-0.25, -0.2) is 0 Å². The summed E-state index contributed by atoms with van der Waals surface area (Å²) in [5.74, 6) is 1.23. The molecule has 2 rings (SSSR count). The van der Waals surface area contributed by atoms with E-state index in [0.29, 0.717) is 18.3 Å². The van der Waals surface area contributed by atoms with E-state index in [2.05, 4.69) is 10.1 Å². The van der Waals surface area contributed by atoms with Crippen LogP contribution in [-0.2, 0) is 4.74 Å². The Morgan fingerprint density at radius 2 is 2.29 bits per heavy atom. The molecule has 6 heteroatoms. The van der Waals surface area contributed by atoms with Gasteiger partial charge in [0.1, 0.15) is 6.10 Å². The second-order valence-electron chi connectivity index (χ2n) is 3.24. The summed E-state index contributed by atoms with van der Waals surface area (Å²) < 4.78 is 10.6. The first-order chi connectivity index (χ1) is 6.29. The molecule has 0 aliphatic carbocycles. The fourth-order valence-electron chi connectivity index (χ4n) is 1.50. The summed E-state index contributed by atoms with van der Waals surface area (Å²) in [7, 11) is 0. The van der Waals surface area contributed by atoms with Crippen molar-refractivity contribution in [1.29, 1.82) is 0 Å². The van der Waals surface area contributed by atoms with Crippen LogP contribution in [-0.4, -0.2) is 22.8 Å². The molecular weight excluding hydrogens is 206 g/mol. The third kappa shape index (κ3) is 2.23. The van der Waals surface area contributed by atoms with Gasteiger partial charge in [0.05, 0.1) is 6.10 Å². The Balaban J connectivity index is 0.000000980. The molecule has 0 radical (unpaired) electrons. The van der Waals surface area contributed by atoms with E-state index in [9.17, 15) is 0 Å². The highest BCUT2D eigenvalue weighted by atomic mass is 35.5. The van der Waals surface area contributed by atoms with Crippen molar-refractivity contribution in [3.63, 3.8) is 0 Å². The average molecular weight is 220 g/mol. The van der Waals surface area contributed by atoms with Gasteiger partial charge in [-0.3, -0.25) is 0 Å². The lowest BCUT2D eigenvalue weighted by atomic mass is 10.2. The number of rotatable bonds is 2. The fraction of sp³-hybridized carbons (Fsp3) is 0.750. The molecule has 1 aliphatic rings. The van der Waals surface area contributed by atoms with Crippen molar-refractivity contribution in [3.8, 4) is 0 Å². The van der Waals surface area contributed by atoms with E-state index in [0.717, 1.165) is 12.8 Å². The van der Waals surface area contributed by atoms with Gasteiger partial charge in [-0.15, -0.1) is 12.4 Å². The van der Waals surface area contributed by atoms with Crippen molar-refractivity contribution in [2.24, 2.45) is 5.73 Å². The van der Waals surface area contributed by atoms with Crippen molar-refractivity contribution in [1.82, 2.24) is 10.1 Å². The van der Waals surface area contributed by atoms with Crippen LogP contribution < -0.4 is 5.73 Å². The van der Waals surface area contributed by atoms with E-state index in [1.54, 1.807) is 6.92 Å². The predicted molar refractivity (Wildman–Crippen MR) is 52.2 cm³/mol. The van der Waals surface area contributed by atoms with E-state index >= 15 is 0 Å². The zero-order valence-corrected chi connectivity index (χ0v) is 8.79. The molecule has 1 fully saturated rings. The Hall–Kier alpha value is -0.650. The summed E-state index contributed by atoms with van der Waals surface area (Å²) in [6.45, 7) is 2.35. The van der Waals surface area contributed by atoms with Gasteiger partial charge in [0.25, 0.3) is 5.89 Å². The van der Waals surface area contributed by atoms with Gasteiger partial charge in [0.2, 0.25) is 0 Å². The van der Waals surface area contributed by atoms with Crippen LogP contribution in [0.5, 0.6) is 0 Å². The van der Waals surface area contributed by atoms with E-state index in [-0.39, 0.29) is 24.6 Å². The molecule has 1 aromatic rings. The second kappa shape index (κ2) is 4.72. The Morgan fingerprint density at radius 3 is 2.79 bits per heavy atom. The van der Waals surface area contributed by atoms with E-state index in [1.807, 2.05) is 0 Å². The molecule has 2 heterocycles. The molecular formula is C8H14ClN3O2. The van der Waals surface area contributed by atoms with Crippen LogP contribution in [0, 0.1) is 6.92 Å². The maximum atomic E-state index is 5.59. The minimum absolute atomic E-state index is 0. The van der Waals surface area contributed by atoms with Gasteiger partial charge >= 0.3 is 0 Å². The summed E-state index contributed by atoms with van der Waals surface area (Å²) >= 11 is 0. The topological polar surface area (TPSA) is 74.2 Å². The normalized spacial score (nSPS) is 26.1. The molecule has 5 nitrogen and oxygen atoms in total. The van der Waals surface area contributed by atoms with Crippen molar-refractivity contribution in [2.75, 3.05) is 6.54 Å². The molecule has 1 saturated heterocycles. The fourth-order valence-corrected chi connectivity index (χ4v) is 1.50. The third-order valence-electron chi connectivity index (χ3n) is 2.19. The Kier molecular flexibility index (Phi) is 3.86. The predicted octanol–water partition coefficient (Wildman–Crippen LogP) is 0.979. The van der Waals surface area contributed by atoms with Crippen LogP contribution in [0.4, 0.5) is 0 Å². The van der Waals surface area contributed by atoms with E-state index < -0.39 is 0 Å². The quantitative estimate of drug-likeness (QED) is 0.803. The monoisotopic (exact) mass is 219 g/mol. The molecule has 2 atom stereocenters. The smallest absolute Gasteiger partial charge is 0.255 e. The number of aromatic nitrogens is 2. The summed E-state index contributed by atoms with van der Waals surface area (Å²) in [6, 6.07) is 0. The number of ether oxygens (including phenoxy) is 1. The van der Waals surface area contributed by atoms with Crippen LogP contribution in [0.15, 0.2) is 4.52 Å². The highest BCUT2D eigenvalue weighted by molar-refractivity contribution is 5.85. The largest absolute Gasteiger partial charge is 0.364 e. The molecule has 0 bridgehead atoms. The van der Waals surface area contributed by atoms with Crippen molar-refractivity contribution in [3.05, 3.63) is 11.7 Å². The number of hydrogen-bond donors (Lipinski definition) is 1. The summed E-state index contributed by atoms with van der Waals surface area (Å²) in [5.41, 5.74) is 5.49. The highest BCUT2D eigenvalue weighted by Gasteiger charge is 2.29. The zero-order valence-electron chi connectivity index (χ0n) is 7.97. The lowest BCUT2D eigenvalue weighted by molar-refractivity contribution is 0.0307. The molecule has 2 N–H and O–H groups in total. The SMILES string of the molecule is Cc1noc(C2CCC(CN)O2)n1.Cl. The number of aryl methyl sites for hydroxylation is 1. The minimum atomic E-state index is -0.0465. The number of nitrogens with zero attached hydrogens (tertiary/aromatic N) is 2. The van der Waals surface area contributed by atoms with Crippen LogP contribution >= 0.6 is 12.4 Å². The van der Waals surface area contributed by atoms with Gasteiger partial charge in [-0.1, -0.05) is 5.16 Å². The third-order valence-corrected chi connectivity index (χ3v) is 2.19. The van der Waals surface area contributed by atoms with Crippen molar-refractivity contribution in [2.45, 2.75) is 32.0 Å². The maximum absolute atomic E-state index is 5.59. The average Bonchev–Trinajstić information content (AvgIpc) is 2.71. The number of halogens is 1. The van der Waals surface area contributed by atoms with Gasteiger partial charge in [0.15, 0.2) is 5.82 Å². The molecule has 0 saturated carbocycles. The van der Waals surface area contributed by atoms with Gasteiger partial charge in [-0.2, -0.15) is 4.98 Å². The standard InChI is InChI=1S/C8H13N3O2.ClH/c1-5-10-8(13-11-5)7-3-2-6(4-9)12-7;/h6-7H,2-4,9H2,1H3;1H. The lowest BCUT2D eigenvalue weighted by Crippen LogP contribution is -2.18. The molecule has 14 heavy (non-hydrogen) atoms. The number of hydrogen-bond acceptors (Lipinski definition) is 5. The molecule has 0 amide bonds. The van der Waals surface area contributed by atoms with Gasteiger partial charge in [-0.05, 0) is 19.8 Å². The van der Waals surface area contributed by atoms with E-state index in [4.69, 9.17) is 15.0 Å². The lowest BCUT2D eigenvalue weighted by Gasteiger charge is -2.07. The molecule has 2 unspecified atom stereocenters. The Labute approximate surface area is 88.4 Å². The summed E-state index contributed by atoms with van der Waals surface area (Å²) in [6.07, 6.45) is 2.00. The first-order valence-corrected chi connectivity index (χ1v) is 4.45. The van der Waals surface area contributed by atoms with Crippen LogP contribution in [0.25, 0.3) is 0 Å². The second-order valence-corrected chi connectivity index (χ2v) is 3.24. The first-order valence-electron chi connectivity index (χ1n) is 4.45. The van der Waals surface area contributed by atoms with Crippen LogP contribution in [0.1, 0.15) is 30.7 Å². The van der Waals surface area contributed by atoms with Crippen molar-refractivity contribution < 1.29 is 9.26 Å². The van der Waals surface area contributed by atoms with Crippen molar-refractivity contribution >= 4 is 12.4 Å². The molecule has 1 aliphatic heterocycles. The van der Waals surface area contributed by atoms with E-state index in [1.165, 1.54) is 0 Å². The molecule has 0 spiro atoms. The van der Waals surface area contributed by atoms with Gasteiger partial charge < -0.3 is 15.0 Å². The van der Waals surface area contributed by atoms with Crippen LogP contribution in [0.2, 0.25) is 0 Å². The molecule has 0 aromatic carbocycles. The summed E-state index contributed by atoms with van der Waals surface area (Å²) in [4.78, 5) is 4.12. The maximum Gasteiger partial charge on any atom is 0.255 e. The minimum Gasteiger partial charge on any atom is -0.364 e. The van der Waals surface area contributed by atoms with Gasteiger partial charge in [0, 0.05) is 6.54 Å². The Morgan fingerprint density at radius 1 is 1.50 bits per heavy atom. The summed E-state index contributed by atoms with van der Waals surface area (Å²) in [5, 5.41) is 3.71. The molecule has 80 valence electrons. The number of nitrogens with two attached hydrogens (primary N) is 1. The molecule has 1 aromatic heterocycles. The highest BCUT2D eigenvalue weighted by Crippen LogP contribution is 2.30. The zero-order chi connectivity index (χ0) is 9.26. The first kappa shape index (κ1) is 11.4. The Bertz CT molecular complexity index is 292. The van der Waals surface area contributed by atoms with Crippen LogP contribution in [0.3, 0.4) is 0 Å².